The number of carboxylic acids is 1. The molecule has 1 aliphatic heterocycles. The normalized spacial score (nSPS) is 16.7. The number of aromatic nitrogens is 2. The SMILES string of the molecule is CCCC(CCC)c1ccc(COc2ccc(-c3csc(CC(C(=O)O)C4(Cc5cscn5)C=CC=N4)n3)c(C)c2)cc1. The Kier molecular flexibility index (Phi) is 10.2. The van der Waals surface area contributed by atoms with Crippen LogP contribution in [0.4, 0.5) is 0 Å². The molecule has 0 bridgehead atoms. The minimum atomic E-state index is -0.885. The van der Waals surface area contributed by atoms with Gasteiger partial charge in [0.05, 0.1) is 33.4 Å². The number of hydrogen-bond donors (Lipinski definition) is 1. The third-order valence-corrected chi connectivity index (χ3v) is 9.68. The highest BCUT2D eigenvalue weighted by atomic mass is 32.1. The summed E-state index contributed by atoms with van der Waals surface area (Å²) in [5.74, 6) is -0.182. The van der Waals surface area contributed by atoms with Crippen LogP contribution in [0.5, 0.6) is 5.75 Å². The summed E-state index contributed by atoms with van der Waals surface area (Å²) in [5, 5.41) is 15.0. The van der Waals surface area contributed by atoms with Crippen LogP contribution in [0.15, 0.2) is 75.9 Å². The van der Waals surface area contributed by atoms with E-state index in [1.54, 1.807) is 11.7 Å². The smallest absolute Gasteiger partial charge is 0.309 e. The van der Waals surface area contributed by atoms with E-state index < -0.39 is 17.4 Å². The number of aryl methyl sites for hydroxylation is 1. The van der Waals surface area contributed by atoms with E-state index in [0.717, 1.165) is 38.8 Å². The van der Waals surface area contributed by atoms with Crippen LogP contribution in [0.1, 0.15) is 72.8 Å². The number of benzene rings is 2. The molecule has 2 aromatic carbocycles. The minimum absolute atomic E-state index is 0.294. The summed E-state index contributed by atoms with van der Waals surface area (Å²) in [6.45, 7) is 7.08. The van der Waals surface area contributed by atoms with Gasteiger partial charge in [-0.3, -0.25) is 9.79 Å². The summed E-state index contributed by atoms with van der Waals surface area (Å²) in [6, 6.07) is 14.9. The van der Waals surface area contributed by atoms with Crippen molar-refractivity contribution in [3.8, 4) is 17.0 Å². The number of allylic oxidation sites excluding steroid dienone is 1. The second kappa shape index (κ2) is 14.2. The molecule has 1 N–H and O–H groups in total. The zero-order valence-corrected chi connectivity index (χ0v) is 26.7. The molecule has 2 aromatic heterocycles. The second-order valence-corrected chi connectivity index (χ2v) is 12.9. The molecule has 1 aliphatic rings. The Morgan fingerprint density at radius 1 is 1.07 bits per heavy atom. The summed E-state index contributed by atoms with van der Waals surface area (Å²) in [7, 11) is 0. The molecule has 2 atom stereocenters. The first-order chi connectivity index (χ1) is 20.9. The van der Waals surface area contributed by atoms with Crippen LogP contribution < -0.4 is 4.74 Å². The van der Waals surface area contributed by atoms with Crippen molar-refractivity contribution in [1.82, 2.24) is 9.97 Å². The Bertz CT molecular complexity index is 1540. The fourth-order valence-corrected chi connectivity index (χ4v) is 7.30. The lowest BCUT2D eigenvalue weighted by atomic mass is 9.79. The maximum atomic E-state index is 12.5. The quantitative estimate of drug-likeness (QED) is 0.145. The average Bonchev–Trinajstić information content (AvgIpc) is 3.79. The highest BCUT2D eigenvalue weighted by Crippen LogP contribution is 2.36. The molecule has 8 heteroatoms. The van der Waals surface area contributed by atoms with Crippen LogP contribution in [0.25, 0.3) is 11.3 Å². The van der Waals surface area contributed by atoms with Gasteiger partial charge >= 0.3 is 5.97 Å². The first-order valence-electron chi connectivity index (χ1n) is 15.0. The van der Waals surface area contributed by atoms with E-state index in [1.165, 1.54) is 53.9 Å². The monoisotopic (exact) mass is 613 g/mol. The fraction of sp³-hybridized carbons (Fsp3) is 0.371. The maximum Gasteiger partial charge on any atom is 0.309 e. The molecule has 0 radical (unpaired) electrons. The fourth-order valence-electron chi connectivity index (χ4n) is 5.90. The minimum Gasteiger partial charge on any atom is -0.489 e. The lowest BCUT2D eigenvalue weighted by Gasteiger charge is -2.30. The predicted octanol–water partition coefficient (Wildman–Crippen LogP) is 8.70. The van der Waals surface area contributed by atoms with Gasteiger partial charge in [-0.2, -0.15) is 0 Å². The first kappa shape index (κ1) is 30.8. The van der Waals surface area contributed by atoms with Crippen LogP contribution in [-0.4, -0.2) is 32.8 Å². The summed E-state index contributed by atoms with van der Waals surface area (Å²) in [5.41, 5.74) is 7.24. The summed E-state index contributed by atoms with van der Waals surface area (Å²) in [6.07, 6.45) is 11.0. The third kappa shape index (κ3) is 7.48. The molecule has 4 aromatic rings. The topological polar surface area (TPSA) is 84.7 Å². The third-order valence-electron chi connectivity index (χ3n) is 8.17. The largest absolute Gasteiger partial charge is 0.489 e. The van der Waals surface area contributed by atoms with Gasteiger partial charge in [-0.25, -0.2) is 9.97 Å². The van der Waals surface area contributed by atoms with Gasteiger partial charge in [0.15, 0.2) is 0 Å². The molecule has 0 saturated carbocycles. The van der Waals surface area contributed by atoms with Gasteiger partial charge in [-0.15, -0.1) is 22.7 Å². The Labute approximate surface area is 262 Å². The van der Waals surface area contributed by atoms with E-state index in [1.807, 2.05) is 41.1 Å². The van der Waals surface area contributed by atoms with Gasteiger partial charge in [-0.05, 0) is 66.6 Å². The molecule has 0 amide bonds. The van der Waals surface area contributed by atoms with Crippen molar-refractivity contribution in [3.05, 3.63) is 98.3 Å². The number of nitrogens with zero attached hydrogens (tertiary/aromatic N) is 3. The van der Waals surface area contributed by atoms with Crippen molar-refractivity contribution in [2.45, 2.75) is 77.4 Å². The standard InChI is InChI=1S/C35H39N3O3S2/c1-4-7-26(8-5-2)27-11-9-25(10-12-27)20-41-29-13-14-30(24(3)17-29)32-22-43-33(38-32)18-31(34(39)40)35(15-6-16-37-35)19-28-21-42-23-36-28/h6,9-17,21-23,26,31H,4-5,7-8,18-20H2,1-3H3,(H,39,40). The molecule has 43 heavy (non-hydrogen) atoms. The van der Waals surface area contributed by atoms with Gasteiger partial charge in [0.25, 0.3) is 0 Å². The molecule has 5 rings (SSSR count). The Balaban J connectivity index is 1.24. The van der Waals surface area contributed by atoms with Crippen LogP contribution in [0.3, 0.4) is 0 Å². The molecule has 3 heterocycles. The highest BCUT2D eigenvalue weighted by molar-refractivity contribution is 7.10. The van der Waals surface area contributed by atoms with Crippen molar-refractivity contribution in [2.75, 3.05) is 0 Å². The molecular weight excluding hydrogens is 575 g/mol. The molecule has 0 aliphatic carbocycles. The lowest BCUT2D eigenvalue weighted by Crippen LogP contribution is -2.41. The molecule has 0 spiro atoms. The average molecular weight is 614 g/mol. The van der Waals surface area contributed by atoms with E-state index in [-0.39, 0.29) is 0 Å². The van der Waals surface area contributed by atoms with E-state index >= 15 is 0 Å². The molecule has 2 unspecified atom stereocenters. The number of thiazole rings is 2. The van der Waals surface area contributed by atoms with Crippen molar-refractivity contribution in [1.29, 1.82) is 0 Å². The van der Waals surface area contributed by atoms with Crippen molar-refractivity contribution in [3.63, 3.8) is 0 Å². The molecule has 6 nitrogen and oxygen atoms in total. The second-order valence-electron chi connectivity index (χ2n) is 11.3. The maximum absolute atomic E-state index is 12.5. The predicted molar refractivity (Wildman–Crippen MR) is 177 cm³/mol. The van der Waals surface area contributed by atoms with Gasteiger partial charge in [0, 0.05) is 35.4 Å². The number of carbonyl (C=O) groups is 1. The van der Waals surface area contributed by atoms with E-state index in [0.29, 0.717) is 25.4 Å². The number of aliphatic carboxylic acids is 1. The summed E-state index contributed by atoms with van der Waals surface area (Å²) in [4.78, 5) is 26.4. The van der Waals surface area contributed by atoms with E-state index in [9.17, 15) is 9.90 Å². The zero-order valence-electron chi connectivity index (χ0n) is 25.0. The summed E-state index contributed by atoms with van der Waals surface area (Å²) >= 11 is 2.99. The molecule has 0 saturated heterocycles. The number of carboxylic acid groups (broad SMARTS) is 1. The van der Waals surface area contributed by atoms with E-state index in [4.69, 9.17) is 9.72 Å². The van der Waals surface area contributed by atoms with Crippen LogP contribution in [0, 0.1) is 12.8 Å². The van der Waals surface area contributed by atoms with Gasteiger partial charge in [0.2, 0.25) is 0 Å². The number of aliphatic imine (C=N–C) groups is 1. The van der Waals surface area contributed by atoms with Crippen molar-refractivity contribution < 1.29 is 14.6 Å². The van der Waals surface area contributed by atoms with Crippen LogP contribution in [0.2, 0.25) is 0 Å². The summed E-state index contributed by atoms with van der Waals surface area (Å²) < 4.78 is 6.15. The number of ether oxygens (including phenoxy) is 1. The molecule has 0 fully saturated rings. The van der Waals surface area contributed by atoms with Crippen LogP contribution >= 0.6 is 22.7 Å². The lowest BCUT2D eigenvalue weighted by molar-refractivity contribution is -0.143. The number of hydrogen-bond acceptors (Lipinski definition) is 7. The van der Waals surface area contributed by atoms with Crippen molar-refractivity contribution >= 4 is 34.9 Å². The zero-order chi connectivity index (χ0) is 30.2. The highest BCUT2D eigenvalue weighted by Gasteiger charge is 2.43. The van der Waals surface area contributed by atoms with Gasteiger partial charge in [0.1, 0.15) is 12.4 Å². The Hall–Kier alpha value is -3.62. The van der Waals surface area contributed by atoms with Crippen LogP contribution in [-0.2, 0) is 24.2 Å². The number of rotatable bonds is 15. The Morgan fingerprint density at radius 2 is 1.86 bits per heavy atom. The van der Waals surface area contributed by atoms with Crippen molar-refractivity contribution in [2.24, 2.45) is 10.9 Å². The van der Waals surface area contributed by atoms with Gasteiger partial charge in [-0.1, -0.05) is 57.0 Å². The molecule has 224 valence electrons. The molecular formula is C35H39N3O3S2. The first-order valence-corrected chi connectivity index (χ1v) is 16.8. The van der Waals surface area contributed by atoms with Gasteiger partial charge < -0.3 is 9.84 Å². The van der Waals surface area contributed by atoms with E-state index in [2.05, 4.69) is 55.0 Å². The Morgan fingerprint density at radius 3 is 2.49 bits per heavy atom.